The highest BCUT2D eigenvalue weighted by Gasteiger charge is 2.21. The van der Waals surface area contributed by atoms with Crippen LogP contribution in [0.1, 0.15) is 23.7 Å². The molecule has 4 nitrogen and oxygen atoms in total. The molecule has 2 heterocycles. The minimum atomic E-state index is 0.712. The lowest BCUT2D eigenvalue weighted by atomic mass is 10.1. The lowest BCUT2D eigenvalue weighted by molar-refractivity contribution is 0.278. The summed E-state index contributed by atoms with van der Waals surface area (Å²) in [5, 5.41) is 9.35. The van der Waals surface area contributed by atoms with Gasteiger partial charge in [0.15, 0.2) is 0 Å². The van der Waals surface area contributed by atoms with Gasteiger partial charge in [-0.1, -0.05) is 12.2 Å². The number of nitriles is 1. The molecule has 1 saturated heterocycles. The molecule has 1 aliphatic heterocycles. The molecule has 1 fully saturated rings. The lowest BCUT2D eigenvalue weighted by Gasteiger charge is -2.36. The van der Waals surface area contributed by atoms with Gasteiger partial charge in [0.25, 0.3) is 0 Å². The summed E-state index contributed by atoms with van der Waals surface area (Å²) in [6, 6.07) is 4.27. The summed E-state index contributed by atoms with van der Waals surface area (Å²) in [6.07, 6.45) is 0. The standard InChI is InChI=1S/C16H22N4/c1-12(2)11-19-5-7-20(8-6-19)16-15(10-17)13(3)9-14(4)18-16/h9H,1,5-8,11H2,2-4H3. The maximum atomic E-state index is 9.35. The second-order valence-corrected chi connectivity index (χ2v) is 5.61. The van der Waals surface area contributed by atoms with Gasteiger partial charge in [-0.3, -0.25) is 4.90 Å². The van der Waals surface area contributed by atoms with Gasteiger partial charge in [0, 0.05) is 38.4 Å². The largest absolute Gasteiger partial charge is 0.353 e. The Morgan fingerprint density at radius 3 is 2.55 bits per heavy atom. The summed E-state index contributed by atoms with van der Waals surface area (Å²) >= 11 is 0. The van der Waals surface area contributed by atoms with Crippen molar-refractivity contribution in [1.29, 1.82) is 5.26 Å². The molecule has 106 valence electrons. The van der Waals surface area contributed by atoms with E-state index in [1.165, 1.54) is 5.57 Å². The summed E-state index contributed by atoms with van der Waals surface area (Å²) in [7, 11) is 0. The molecule has 1 aliphatic rings. The number of pyridine rings is 1. The zero-order chi connectivity index (χ0) is 14.7. The molecule has 1 aromatic heterocycles. The van der Waals surface area contributed by atoms with E-state index in [-0.39, 0.29) is 0 Å². The second kappa shape index (κ2) is 6.06. The molecule has 0 aliphatic carbocycles. The maximum absolute atomic E-state index is 9.35. The van der Waals surface area contributed by atoms with Gasteiger partial charge in [-0.25, -0.2) is 4.98 Å². The molecular weight excluding hydrogens is 248 g/mol. The zero-order valence-electron chi connectivity index (χ0n) is 12.6. The Morgan fingerprint density at radius 2 is 2.00 bits per heavy atom. The summed E-state index contributed by atoms with van der Waals surface area (Å²) in [4.78, 5) is 9.21. The number of hydrogen-bond acceptors (Lipinski definition) is 4. The van der Waals surface area contributed by atoms with Crippen LogP contribution in [0, 0.1) is 25.2 Å². The molecule has 0 unspecified atom stereocenters. The molecule has 0 amide bonds. The van der Waals surface area contributed by atoms with Gasteiger partial charge in [0.1, 0.15) is 11.9 Å². The molecule has 0 aromatic carbocycles. The van der Waals surface area contributed by atoms with Gasteiger partial charge in [-0.2, -0.15) is 5.26 Å². The summed E-state index contributed by atoms with van der Waals surface area (Å²) in [5.41, 5.74) is 3.89. The highest BCUT2D eigenvalue weighted by molar-refractivity contribution is 5.58. The summed E-state index contributed by atoms with van der Waals surface area (Å²) in [6.45, 7) is 14.8. The van der Waals surface area contributed by atoms with Crippen molar-refractivity contribution in [1.82, 2.24) is 9.88 Å². The predicted molar refractivity (Wildman–Crippen MR) is 81.9 cm³/mol. The number of aryl methyl sites for hydroxylation is 2. The fourth-order valence-electron chi connectivity index (χ4n) is 2.68. The van der Waals surface area contributed by atoms with Crippen LogP contribution in [0.15, 0.2) is 18.2 Å². The van der Waals surface area contributed by atoms with Crippen LogP contribution in [0.5, 0.6) is 0 Å². The molecule has 0 N–H and O–H groups in total. The Labute approximate surface area is 121 Å². The van der Waals surface area contributed by atoms with Gasteiger partial charge >= 0.3 is 0 Å². The number of rotatable bonds is 3. The zero-order valence-corrected chi connectivity index (χ0v) is 12.6. The highest BCUT2D eigenvalue weighted by Crippen LogP contribution is 2.23. The molecule has 0 atom stereocenters. The average Bonchev–Trinajstić information content (AvgIpc) is 2.38. The summed E-state index contributed by atoms with van der Waals surface area (Å²) < 4.78 is 0. The number of anilines is 1. The van der Waals surface area contributed by atoms with Crippen molar-refractivity contribution in [3.63, 3.8) is 0 Å². The van der Waals surface area contributed by atoms with Gasteiger partial charge in [-0.15, -0.1) is 0 Å². The second-order valence-electron chi connectivity index (χ2n) is 5.61. The third kappa shape index (κ3) is 3.17. The van der Waals surface area contributed by atoms with E-state index in [1.807, 2.05) is 19.9 Å². The van der Waals surface area contributed by atoms with Crippen molar-refractivity contribution in [2.45, 2.75) is 20.8 Å². The molecule has 2 rings (SSSR count). The van der Waals surface area contributed by atoms with Crippen LogP contribution in [0.25, 0.3) is 0 Å². The van der Waals surface area contributed by atoms with Crippen LogP contribution in [0.4, 0.5) is 5.82 Å². The summed E-state index contributed by atoms with van der Waals surface area (Å²) in [5.74, 6) is 0.847. The van der Waals surface area contributed by atoms with E-state index >= 15 is 0 Å². The molecule has 0 saturated carbocycles. The quantitative estimate of drug-likeness (QED) is 0.790. The normalized spacial score (nSPS) is 16.0. The first-order valence-electron chi connectivity index (χ1n) is 7.01. The Morgan fingerprint density at radius 1 is 1.35 bits per heavy atom. The number of hydrogen-bond donors (Lipinski definition) is 0. The Hall–Kier alpha value is -1.86. The minimum Gasteiger partial charge on any atom is -0.353 e. The van der Waals surface area contributed by atoms with E-state index in [2.05, 4.69) is 34.4 Å². The Kier molecular flexibility index (Phi) is 4.41. The van der Waals surface area contributed by atoms with Crippen molar-refractivity contribution in [2.24, 2.45) is 0 Å². The fraction of sp³-hybridized carbons (Fsp3) is 0.500. The molecule has 4 heteroatoms. The molecule has 0 spiro atoms. The third-order valence-corrected chi connectivity index (χ3v) is 3.60. The monoisotopic (exact) mass is 270 g/mol. The molecule has 1 aromatic rings. The average molecular weight is 270 g/mol. The fourth-order valence-corrected chi connectivity index (χ4v) is 2.68. The van der Waals surface area contributed by atoms with Crippen molar-refractivity contribution >= 4 is 5.82 Å². The van der Waals surface area contributed by atoms with Crippen molar-refractivity contribution < 1.29 is 0 Å². The highest BCUT2D eigenvalue weighted by atomic mass is 15.3. The van der Waals surface area contributed by atoms with E-state index < -0.39 is 0 Å². The molecular formula is C16H22N4. The van der Waals surface area contributed by atoms with Crippen LogP contribution in [0.2, 0.25) is 0 Å². The first-order valence-corrected chi connectivity index (χ1v) is 7.01. The predicted octanol–water partition coefficient (Wildman–Crippen LogP) is 2.27. The van der Waals surface area contributed by atoms with E-state index in [1.54, 1.807) is 0 Å². The Bertz CT molecular complexity index is 548. The van der Waals surface area contributed by atoms with Crippen molar-refractivity contribution in [2.75, 3.05) is 37.6 Å². The van der Waals surface area contributed by atoms with Crippen LogP contribution in [0.3, 0.4) is 0 Å². The number of nitrogens with zero attached hydrogens (tertiary/aromatic N) is 4. The van der Waals surface area contributed by atoms with E-state index in [9.17, 15) is 5.26 Å². The van der Waals surface area contributed by atoms with Crippen molar-refractivity contribution in [3.05, 3.63) is 35.0 Å². The van der Waals surface area contributed by atoms with Gasteiger partial charge in [0.05, 0.1) is 5.56 Å². The number of aromatic nitrogens is 1. The SMILES string of the molecule is C=C(C)CN1CCN(c2nc(C)cc(C)c2C#N)CC1. The van der Waals surface area contributed by atoms with Crippen molar-refractivity contribution in [3.8, 4) is 6.07 Å². The van der Waals surface area contributed by atoms with E-state index in [0.717, 1.165) is 49.8 Å². The maximum Gasteiger partial charge on any atom is 0.147 e. The topological polar surface area (TPSA) is 43.2 Å². The molecule has 20 heavy (non-hydrogen) atoms. The Balaban J connectivity index is 2.15. The van der Waals surface area contributed by atoms with Crippen LogP contribution < -0.4 is 4.90 Å². The van der Waals surface area contributed by atoms with Crippen LogP contribution in [-0.2, 0) is 0 Å². The van der Waals surface area contributed by atoms with Gasteiger partial charge < -0.3 is 4.90 Å². The third-order valence-electron chi connectivity index (χ3n) is 3.60. The van der Waals surface area contributed by atoms with Crippen LogP contribution >= 0.6 is 0 Å². The van der Waals surface area contributed by atoms with E-state index in [0.29, 0.717) is 5.56 Å². The first kappa shape index (κ1) is 14.5. The molecule has 0 radical (unpaired) electrons. The minimum absolute atomic E-state index is 0.712. The van der Waals surface area contributed by atoms with Crippen LogP contribution in [-0.4, -0.2) is 42.6 Å². The lowest BCUT2D eigenvalue weighted by Crippen LogP contribution is -2.47. The molecule has 0 bridgehead atoms. The van der Waals surface area contributed by atoms with Gasteiger partial charge in [-0.05, 0) is 32.4 Å². The smallest absolute Gasteiger partial charge is 0.147 e. The number of piperazine rings is 1. The van der Waals surface area contributed by atoms with Gasteiger partial charge in [0.2, 0.25) is 0 Å². The van der Waals surface area contributed by atoms with E-state index in [4.69, 9.17) is 0 Å². The first-order chi connectivity index (χ1) is 9.51.